The second-order valence-electron chi connectivity index (χ2n) is 5.37. The Hall–Kier alpha value is -2.53. The molecule has 0 spiro atoms. The minimum atomic E-state index is -0.415. The summed E-state index contributed by atoms with van der Waals surface area (Å²) in [6, 6.07) is 14.5. The van der Waals surface area contributed by atoms with Crippen molar-refractivity contribution >= 4 is 29.2 Å². The number of amides is 3. The number of rotatable bonds is 6. The molecule has 0 unspecified atom stereocenters. The van der Waals surface area contributed by atoms with Gasteiger partial charge in [-0.15, -0.1) is 0 Å². The Morgan fingerprint density at radius 3 is 2.58 bits per heavy atom. The molecular formula is C18H20ClN3O2. The van der Waals surface area contributed by atoms with Crippen LogP contribution >= 0.6 is 11.6 Å². The van der Waals surface area contributed by atoms with E-state index in [2.05, 4.69) is 16.0 Å². The first-order valence-corrected chi connectivity index (χ1v) is 8.04. The third-order valence-corrected chi connectivity index (χ3v) is 3.73. The minimum Gasteiger partial charge on any atom is -0.354 e. The molecule has 0 bridgehead atoms. The second-order valence-corrected chi connectivity index (χ2v) is 5.78. The summed E-state index contributed by atoms with van der Waals surface area (Å²) >= 11 is 6.05. The van der Waals surface area contributed by atoms with Crippen LogP contribution in [-0.4, -0.2) is 25.0 Å². The molecule has 3 N–H and O–H groups in total. The second kappa shape index (κ2) is 8.93. The number of hydrogen-bond donors (Lipinski definition) is 3. The van der Waals surface area contributed by atoms with Crippen LogP contribution in [-0.2, 0) is 11.2 Å². The van der Waals surface area contributed by atoms with Crippen LogP contribution in [0.4, 0.5) is 10.5 Å². The molecule has 3 amide bonds. The predicted octanol–water partition coefficient (Wildman–Crippen LogP) is 3.13. The SMILES string of the molecule is Cc1cccc(NC(=O)NCC(=O)NCCc2ccccc2Cl)c1. The van der Waals surface area contributed by atoms with E-state index in [1.807, 2.05) is 49.4 Å². The fourth-order valence-electron chi connectivity index (χ4n) is 2.16. The van der Waals surface area contributed by atoms with Crippen molar-refractivity contribution in [2.24, 2.45) is 0 Å². The highest BCUT2D eigenvalue weighted by Gasteiger charge is 2.06. The molecule has 2 aromatic rings. The van der Waals surface area contributed by atoms with Gasteiger partial charge in [0.1, 0.15) is 0 Å². The van der Waals surface area contributed by atoms with Crippen LogP contribution < -0.4 is 16.0 Å². The van der Waals surface area contributed by atoms with Crippen LogP contribution in [0.25, 0.3) is 0 Å². The molecule has 2 aromatic carbocycles. The third-order valence-electron chi connectivity index (χ3n) is 3.36. The van der Waals surface area contributed by atoms with E-state index in [9.17, 15) is 9.59 Å². The van der Waals surface area contributed by atoms with Crippen molar-refractivity contribution in [2.75, 3.05) is 18.4 Å². The molecule has 24 heavy (non-hydrogen) atoms. The Bertz CT molecular complexity index is 719. The average molecular weight is 346 g/mol. The summed E-state index contributed by atoms with van der Waals surface area (Å²) < 4.78 is 0. The van der Waals surface area contributed by atoms with Gasteiger partial charge in [0.05, 0.1) is 6.54 Å². The van der Waals surface area contributed by atoms with Crippen molar-refractivity contribution in [2.45, 2.75) is 13.3 Å². The summed E-state index contributed by atoms with van der Waals surface area (Å²) in [5.41, 5.74) is 2.71. The maximum absolute atomic E-state index is 11.7. The molecule has 0 saturated carbocycles. The van der Waals surface area contributed by atoms with E-state index in [4.69, 9.17) is 11.6 Å². The number of nitrogens with one attached hydrogen (secondary N) is 3. The lowest BCUT2D eigenvalue weighted by molar-refractivity contribution is -0.120. The lowest BCUT2D eigenvalue weighted by Crippen LogP contribution is -2.39. The maximum Gasteiger partial charge on any atom is 0.319 e. The Morgan fingerprint density at radius 1 is 1.04 bits per heavy atom. The highest BCUT2D eigenvalue weighted by molar-refractivity contribution is 6.31. The lowest BCUT2D eigenvalue weighted by atomic mass is 10.1. The first-order valence-electron chi connectivity index (χ1n) is 7.66. The lowest BCUT2D eigenvalue weighted by Gasteiger charge is -2.09. The molecule has 0 saturated heterocycles. The Morgan fingerprint density at radius 2 is 1.83 bits per heavy atom. The smallest absolute Gasteiger partial charge is 0.319 e. The molecule has 0 heterocycles. The van der Waals surface area contributed by atoms with E-state index in [-0.39, 0.29) is 12.5 Å². The molecule has 0 aliphatic carbocycles. The van der Waals surface area contributed by atoms with Gasteiger partial charge in [0.15, 0.2) is 0 Å². The van der Waals surface area contributed by atoms with Gasteiger partial charge in [0.25, 0.3) is 0 Å². The zero-order valence-electron chi connectivity index (χ0n) is 13.4. The van der Waals surface area contributed by atoms with Gasteiger partial charge in [0, 0.05) is 17.3 Å². The molecule has 0 radical (unpaired) electrons. The zero-order chi connectivity index (χ0) is 17.4. The Kier molecular flexibility index (Phi) is 6.63. The van der Waals surface area contributed by atoms with Crippen LogP contribution in [0.5, 0.6) is 0 Å². The van der Waals surface area contributed by atoms with Gasteiger partial charge in [0.2, 0.25) is 5.91 Å². The van der Waals surface area contributed by atoms with Gasteiger partial charge < -0.3 is 16.0 Å². The number of hydrogen-bond acceptors (Lipinski definition) is 2. The summed E-state index contributed by atoms with van der Waals surface area (Å²) in [4.78, 5) is 23.5. The summed E-state index contributed by atoms with van der Waals surface area (Å²) in [5, 5.41) is 8.63. The van der Waals surface area contributed by atoms with E-state index in [1.165, 1.54) is 0 Å². The van der Waals surface area contributed by atoms with Crippen molar-refractivity contribution in [1.82, 2.24) is 10.6 Å². The quantitative estimate of drug-likeness (QED) is 0.752. The Balaban J connectivity index is 1.67. The van der Waals surface area contributed by atoms with E-state index in [1.54, 1.807) is 6.07 Å². The molecule has 2 rings (SSSR count). The molecule has 0 atom stereocenters. The molecule has 5 nitrogen and oxygen atoms in total. The summed E-state index contributed by atoms with van der Waals surface area (Å²) in [6.45, 7) is 2.32. The van der Waals surface area contributed by atoms with Gasteiger partial charge in [-0.1, -0.05) is 41.9 Å². The number of benzene rings is 2. The molecule has 126 valence electrons. The summed E-state index contributed by atoms with van der Waals surface area (Å²) in [7, 11) is 0. The fraction of sp³-hybridized carbons (Fsp3) is 0.222. The number of carbonyl (C=O) groups excluding carboxylic acids is 2. The Labute approximate surface area is 146 Å². The molecule has 0 aliphatic heterocycles. The fourth-order valence-corrected chi connectivity index (χ4v) is 2.39. The van der Waals surface area contributed by atoms with Crippen molar-refractivity contribution < 1.29 is 9.59 Å². The van der Waals surface area contributed by atoms with Gasteiger partial charge in [-0.05, 0) is 42.7 Å². The van der Waals surface area contributed by atoms with Crippen LogP contribution in [0.2, 0.25) is 5.02 Å². The van der Waals surface area contributed by atoms with Crippen LogP contribution in [0.15, 0.2) is 48.5 Å². The van der Waals surface area contributed by atoms with Crippen molar-refractivity contribution in [3.8, 4) is 0 Å². The normalized spacial score (nSPS) is 10.1. The van der Waals surface area contributed by atoms with Crippen molar-refractivity contribution in [1.29, 1.82) is 0 Å². The number of aryl methyl sites for hydroxylation is 1. The van der Waals surface area contributed by atoms with Crippen LogP contribution in [0.1, 0.15) is 11.1 Å². The third kappa shape index (κ3) is 5.93. The van der Waals surface area contributed by atoms with Crippen molar-refractivity contribution in [3.05, 3.63) is 64.7 Å². The number of urea groups is 1. The molecular weight excluding hydrogens is 326 g/mol. The van der Waals surface area contributed by atoms with E-state index < -0.39 is 6.03 Å². The van der Waals surface area contributed by atoms with Gasteiger partial charge >= 0.3 is 6.03 Å². The van der Waals surface area contributed by atoms with Crippen LogP contribution in [0.3, 0.4) is 0 Å². The van der Waals surface area contributed by atoms with Gasteiger partial charge in [-0.25, -0.2) is 4.79 Å². The topological polar surface area (TPSA) is 70.2 Å². The van der Waals surface area contributed by atoms with Gasteiger partial charge in [-0.3, -0.25) is 4.79 Å². The summed E-state index contributed by atoms with van der Waals surface area (Å²) in [6.07, 6.45) is 0.640. The van der Waals surface area contributed by atoms with Crippen LogP contribution in [0, 0.1) is 6.92 Å². The maximum atomic E-state index is 11.7. The summed E-state index contributed by atoms with van der Waals surface area (Å²) in [5.74, 6) is -0.249. The number of halogens is 1. The first kappa shape index (κ1) is 17.8. The molecule has 0 fully saturated rings. The standard InChI is InChI=1S/C18H20ClN3O2/c1-13-5-4-7-15(11-13)22-18(24)21-12-17(23)20-10-9-14-6-2-3-8-16(14)19/h2-8,11H,9-10,12H2,1H3,(H,20,23)(H2,21,22,24). The van der Waals surface area contributed by atoms with Crippen molar-refractivity contribution in [3.63, 3.8) is 0 Å². The first-order chi connectivity index (χ1) is 11.5. The zero-order valence-corrected chi connectivity index (χ0v) is 14.2. The largest absolute Gasteiger partial charge is 0.354 e. The highest BCUT2D eigenvalue weighted by Crippen LogP contribution is 2.14. The predicted molar refractivity (Wildman–Crippen MR) is 96.4 cm³/mol. The monoisotopic (exact) mass is 345 g/mol. The molecule has 0 aliphatic rings. The van der Waals surface area contributed by atoms with E-state index in [0.29, 0.717) is 23.7 Å². The van der Waals surface area contributed by atoms with E-state index in [0.717, 1.165) is 11.1 Å². The molecule has 6 heteroatoms. The minimum absolute atomic E-state index is 0.0832. The highest BCUT2D eigenvalue weighted by atomic mass is 35.5. The number of carbonyl (C=O) groups is 2. The van der Waals surface area contributed by atoms with E-state index >= 15 is 0 Å². The van der Waals surface area contributed by atoms with Gasteiger partial charge in [-0.2, -0.15) is 0 Å². The molecule has 0 aromatic heterocycles. The average Bonchev–Trinajstić information content (AvgIpc) is 2.55. The number of anilines is 1.